The van der Waals surface area contributed by atoms with E-state index in [0.29, 0.717) is 24.6 Å². The maximum atomic E-state index is 11.6. The van der Waals surface area contributed by atoms with Gasteiger partial charge in [-0.05, 0) is 78.6 Å². The molecule has 3 N–H and O–H groups in total. The Labute approximate surface area is 195 Å². The standard InChI is InChI=1S/C26H33NO4S/c1-3-6-18-15-19(25(27)32)8-12-24(18)31-14-5-13-30-20-9-11-22-17(16-20)7-10-23(22)21(4-2)26(28)29/h8-9,11-12,15-16,21,23H,3-7,10,13-14H2,1-2H3,(H2,27,32)(H,28,29)/t21?,23-/m0/s1. The zero-order valence-electron chi connectivity index (χ0n) is 18.9. The van der Waals surface area contributed by atoms with Crippen LogP contribution in [0.4, 0.5) is 0 Å². The van der Waals surface area contributed by atoms with Crippen LogP contribution >= 0.6 is 12.2 Å². The number of aryl methyl sites for hydroxylation is 2. The molecule has 0 spiro atoms. The molecule has 6 heteroatoms. The molecule has 32 heavy (non-hydrogen) atoms. The first-order valence-corrected chi connectivity index (χ1v) is 11.9. The predicted molar refractivity (Wildman–Crippen MR) is 131 cm³/mol. The Morgan fingerprint density at radius 1 is 1.19 bits per heavy atom. The van der Waals surface area contributed by atoms with Crippen molar-refractivity contribution in [3.05, 3.63) is 58.7 Å². The highest BCUT2D eigenvalue weighted by Crippen LogP contribution is 2.41. The molecule has 0 fully saturated rings. The second-order valence-electron chi connectivity index (χ2n) is 8.35. The summed E-state index contributed by atoms with van der Waals surface area (Å²) in [4.78, 5) is 12.0. The van der Waals surface area contributed by atoms with Gasteiger partial charge in [0.15, 0.2) is 0 Å². The maximum Gasteiger partial charge on any atom is 0.307 e. The molecule has 0 aromatic heterocycles. The Balaban J connectivity index is 1.51. The SMILES string of the molecule is CCCc1cc(C(N)=S)ccc1OCCCOc1ccc2c(c1)CC[C@H]2C(CC)C(=O)O. The van der Waals surface area contributed by atoms with Gasteiger partial charge >= 0.3 is 5.97 Å². The third kappa shape index (κ3) is 5.80. The summed E-state index contributed by atoms with van der Waals surface area (Å²) in [5, 5.41) is 9.50. The predicted octanol–water partition coefficient (Wildman–Crippen LogP) is 5.26. The summed E-state index contributed by atoms with van der Waals surface area (Å²) in [6.07, 6.45) is 5.15. The molecule has 172 valence electrons. The minimum Gasteiger partial charge on any atom is -0.493 e. The minimum absolute atomic E-state index is 0.104. The molecule has 2 atom stereocenters. The van der Waals surface area contributed by atoms with Crippen LogP contribution in [0.15, 0.2) is 36.4 Å². The molecular formula is C26H33NO4S. The lowest BCUT2D eigenvalue weighted by molar-refractivity contribution is -0.142. The van der Waals surface area contributed by atoms with Crippen molar-refractivity contribution in [2.45, 2.75) is 58.3 Å². The van der Waals surface area contributed by atoms with Crippen molar-refractivity contribution in [2.75, 3.05) is 13.2 Å². The van der Waals surface area contributed by atoms with Gasteiger partial charge in [-0.25, -0.2) is 0 Å². The summed E-state index contributed by atoms with van der Waals surface area (Å²) >= 11 is 5.08. The van der Waals surface area contributed by atoms with E-state index < -0.39 is 5.97 Å². The number of rotatable bonds is 12. The topological polar surface area (TPSA) is 81.8 Å². The van der Waals surface area contributed by atoms with Gasteiger partial charge in [0, 0.05) is 12.0 Å². The third-order valence-corrected chi connectivity index (χ3v) is 6.40. The number of nitrogens with two attached hydrogens (primary N) is 1. The van der Waals surface area contributed by atoms with E-state index in [2.05, 4.69) is 13.0 Å². The molecule has 0 radical (unpaired) electrons. The molecule has 0 amide bonds. The molecule has 1 aliphatic rings. The molecule has 2 aromatic carbocycles. The highest BCUT2D eigenvalue weighted by molar-refractivity contribution is 7.80. The monoisotopic (exact) mass is 455 g/mol. The van der Waals surface area contributed by atoms with E-state index in [4.69, 9.17) is 27.4 Å². The van der Waals surface area contributed by atoms with Crippen LogP contribution in [0.1, 0.15) is 67.7 Å². The number of aliphatic carboxylic acids is 1. The average Bonchev–Trinajstić information content (AvgIpc) is 3.17. The van der Waals surface area contributed by atoms with Crippen molar-refractivity contribution in [3.8, 4) is 11.5 Å². The Hall–Kier alpha value is -2.60. The summed E-state index contributed by atoms with van der Waals surface area (Å²) in [6.45, 7) is 5.20. The van der Waals surface area contributed by atoms with Crippen molar-refractivity contribution < 1.29 is 19.4 Å². The zero-order valence-corrected chi connectivity index (χ0v) is 19.7. The van der Waals surface area contributed by atoms with Gasteiger partial charge in [-0.2, -0.15) is 0 Å². The molecule has 0 saturated heterocycles. The van der Waals surface area contributed by atoms with Gasteiger partial charge in [-0.15, -0.1) is 0 Å². The number of fused-ring (bicyclic) bond motifs is 1. The number of hydrogen-bond donors (Lipinski definition) is 2. The average molecular weight is 456 g/mol. The molecule has 0 heterocycles. The summed E-state index contributed by atoms with van der Waals surface area (Å²) < 4.78 is 11.9. The van der Waals surface area contributed by atoms with Crippen LogP contribution in [0.25, 0.3) is 0 Å². The first kappa shape index (κ1) is 24.1. The van der Waals surface area contributed by atoms with E-state index in [-0.39, 0.29) is 11.8 Å². The summed E-state index contributed by atoms with van der Waals surface area (Å²) in [6, 6.07) is 11.9. The fourth-order valence-corrected chi connectivity index (χ4v) is 4.66. The molecule has 0 saturated carbocycles. The van der Waals surface area contributed by atoms with Crippen LogP contribution in [0.5, 0.6) is 11.5 Å². The van der Waals surface area contributed by atoms with E-state index in [0.717, 1.165) is 54.7 Å². The van der Waals surface area contributed by atoms with Crippen LogP contribution in [-0.4, -0.2) is 29.3 Å². The number of ether oxygens (including phenoxy) is 2. The van der Waals surface area contributed by atoms with Gasteiger partial charge in [-0.1, -0.05) is 38.6 Å². The first-order chi connectivity index (χ1) is 15.4. The second kappa shape index (κ2) is 11.3. The van der Waals surface area contributed by atoms with E-state index in [9.17, 15) is 9.90 Å². The molecule has 5 nitrogen and oxygen atoms in total. The highest BCUT2D eigenvalue weighted by Gasteiger charge is 2.33. The van der Waals surface area contributed by atoms with Gasteiger partial charge in [0.25, 0.3) is 0 Å². The largest absolute Gasteiger partial charge is 0.493 e. The van der Waals surface area contributed by atoms with Crippen LogP contribution < -0.4 is 15.2 Å². The van der Waals surface area contributed by atoms with Crippen molar-refractivity contribution >= 4 is 23.2 Å². The normalized spacial score (nSPS) is 15.8. The highest BCUT2D eigenvalue weighted by atomic mass is 32.1. The minimum atomic E-state index is -0.701. The van der Waals surface area contributed by atoms with Crippen molar-refractivity contribution in [1.29, 1.82) is 0 Å². The quantitative estimate of drug-likeness (QED) is 0.335. The Bertz CT molecular complexity index is 959. The fourth-order valence-electron chi connectivity index (χ4n) is 4.54. The summed E-state index contributed by atoms with van der Waals surface area (Å²) in [5.74, 6) is 0.798. The van der Waals surface area contributed by atoms with E-state index >= 15 is 0 Å². The maximum absolute atomic E-state index is 11.6. The molecule has 2 aromatic rings. The fraction of sp³-hybridized carbons (Fsp3) is 0.462. The lowest BCUT2D eigenvalue weighted by Crippen LogP contribution is -2.19. The lowest BCUT2D eigenvalue weighted by atomic mass is 9.85. The number of thiocarbonyl (C=S) groups is 1. The molecular weight excluding hydrogens is 422 g/mol. The number of carboxylic acids is 1. The molecule has 0 aliphatic heterocycles. The number of benzene rings is 2. The van der Waals surface area contributed by atoms with E-state index in [1.54, 1.807) is 0 Å². The van der Waals surface area contributed by atoms with Crippen LogP contribution in [0.2, 0.25) is 0 Å². The molecule has 1 unspecified atom stereocenters. The summed E-state index contributed by atoms with van der Waals surface area (Å²) in [7, 11) is 0. The lowest BCUT2D eigenvalue weighted by Gasteiger charge is -2.19. The number of hydrogen-bond acceptors (Lipinski definition) is 4. The van der Waals surface area contributed by atoms with E-state index in [1.807, 2.05) is 37.3 Å². The van der Waals surface area contributed by atoms with Crippen molar-refractivity contribution in [1.82, 2.24) is 0 Å². The van der Waals surface area contributed by atoms with Gasteiger partial charge in [0.1, 0.15) is 16.5 Å². The molecule has 1 aliphatic carbocycles. The Kier molecular flexibility index (Phi) is 8.51. The third-order valence-electron chi connectivity index (χ3n) is 6.16. The zero-order chi connectivity index (χ0) is 23.1. The first-order valence-electron chi connectivity index (χ1n) is 11.5. The molecule has 3 rings (SSSR count). The van der Waals surface area contributed by atoms with Crippen molar-refractivity contribution in [3.63, 3.8) is 0 Å². The van der Waals surface area contributed by atoms with Crippen LogP contribution in [-0.2, 0) is 17.6 Å². The Morgan fingerprint density at radius 2 is 1.97 bits per heavy atom. The van der Waals surface area contributed by atoms with E-state index in [1.165, 1.54) is 11.1 Å². The van der Waals surface area contributed by atoms with Gasteiger partial charge in [0.2, 0.25) is 0 Å². The van der Waals surface area contributed by atoms with Crippen molar-refractivity contribution in [2.24, 2.45) is 11.7 Å². The van der Waals surface area contributed by atoms with Gasteiger partial charge in [-0.3, -0.25) is 4.79 Å². The molecule has 0 bridgehead atoms. The number of carbonyl (C=O) groups is 1. The second-order valence-corrected chi connectivity index (χ2v) is 8.79. The Morgan fingerprint density at radius 3 is 2.66 bits per heavy atom. The van der Waals surface area contributed by atoms with Gasteiger partial charge in [0.05, 0.1) is 19.1 Å². The van der Waals surface area contributed by atoms with Gasteiger partial charge < -0.3 is 20.3 Å². The van der Waals surface area contributed by atoms with Crippen LogP contribution in [0.3, 0.4) is 0 Å². The summed E-state index contributed by atoms with van der Waals surface area (Å²) in [5.41, 5.74) is 10.1. The van der Waals surface area contributed by atoms with Crippen LogP contribution in [0, 0.1) is 5.92 Å². The smallest absolute Gasteiger partial charge is 0.307 e. The number of carboxylic acid groups (broad SMARTS) is 1.